The monoisotopic (exact) mass is 245 g/mol. The highest BCUT2D eigenvalue weighted by Crippen LogP contribution is 2.32. The summed E-state index contributed by atoms with van der Waals surface area (Å²) >= 11 is 5.78. The van der Waals surface area contributed by atoms with E-state index in [4.69, 9.17) is 11.6 Å². The average Bonchev–Trinajstić information content (AvgIpc) is 2.15. The van der Waals surface area contributed by atoms with E-state index in [1.807, 2.05) is 0 Å². The molecule has 0 saturated heterocycles. The number of fused-ring (bicyclic) bond motifs is 1. The summed E-state index contributed by atoms with van der Waals surface area (Å²) in [4.78, 5) is 3.56. The molecular weight excluding hydrogens is 239 g/mol. The molecule has 1 nitrogen and oxygen atoms in total. The first-order valence-electron chi connectivity index (χ1n) is 4.52. The van der Waals surface area contributed by atoms with Crippen molar-refractivity contribution >= 4 is 22.5 Å². The van der Waals surface area contributed by atoms with E-state index in [1.54, 1.807) is 25.1 Å². The SMILES string of the molecule is Cc1ccc2c(Cl)cc(C(F)(F)F)nc2c1. The van der Waals surface area contributed by atoms with Crippen molar-refractivity contribution in [2.24, 2.45) is 0 Å². The van der Waals surface area contributed by atoms with Crippen molar-refractivity contribution in [1.29, 1.82) is 0 Å². The van der Waals surface area contributed by atoms with Crippen LogP contribution in [0.3, 0.4) is 0 Å². The third kappa shape index (κ3) is 1.97. The molecule has 1 aromatic heterocycles. The van der Waals surface area contributed by atoms with E-state index in [2.05, 4.69) is 4.98 Å². The molecule has 0 N–H and O–H groups in total. The predicted molar refractivity (Wildman–Crippen MR) is 56.5 cm³/mol. The summed E-state index contributed by atoms with van der Waals surface area (Å²) in [7, 11) is 0. The quantitative estimate of drug-likeness (QED) is 0.677. The molecule has 0 unspecified atom stereocenters. The first kappa shape index (κ1) is 11.2. The Morgan fingerprint density at radius 2 is 1.88 bits per heavy atom. The van der Waals surface area contributed by atoms with Crippen LogP contribution in [0.5, 0.6) is 0 Å². The number of pyridine rings is 1. The molecule has 0 bridgehead atoms. The van der Waals surface area contributed by atoms with Gasteiger partial charge in [0.2, 0.25) is 0 Å². The minimum absolute atomic E-state index is 0.0670. The lowest BCUT2D eigenvalue weighted by atomic mass is 10.1. The Balaban J connectivity index is 2.75. The number of nitrogens with zero attached hydrogens (tertiary/aromatic N) is 1. The Hall–Kier alpha value is -1.29. The van der Waals surface area contributed by atoms with Crippen molar-refractivity contribution in [3.63, 3.8) is 0 Å². The van der Waals surface area contributed by atoms with Crippen LogP contribution in [-0.4, -0.2) is 4.98 Å². The van der Waals surface area contributed by atoms with Gasteiger partial charge in [-0.25, -0.2) is 4.98 Å². The van der Waals surface area contributed by atoms with Crippen LogP contribution < -0.4 is 0 Å². The van der Waals surface area contributed by atoms with Gasteiger partial charge in [-0.05, 0) is 24.6 Å². The average molecular weight is 246 g/mol. The van der Waals surface area contributed by atoms with E-state index in [0.29, 0.717) is 5.39 Å². The van der Waals surface area contributed by atoms with Gasteiger partial charge < -0.3 is 0 Å². The van der Waals surface area contributed by atoms with Crippen LogP contribution in [0.25, 0.3) is 10.9 Å². The summed E-state index contributed by atoms with van der Waals surface area (Å²) in [6.07, 6.45) is -4.47. The molecule has 0 aliphatic rings. The van der Waals surface area contributed by atoms with Gasteiger partial charge >= 0.3 is 6.18 Å². The van der Waals surface area contributed by atoms with Crippen LogP contribution in [0.15, 0.2) is 24.3 Å². The van der Waals surface area contributed by atoms with Crippen LogP contribution in [-0.2, 0) is 6.18 Å². The third-order valence-electron chi connectivity index (χ3n) is 2.21. The van der Waals surface area contributed by atoms with Crippen LogP contribution in [0, 0.1) is 6.92 Å². The number of hydrogen-bond acceptors (Lipinski definition) is 1. The lowest BCUT2D eigenvalue weighted by molar-refractivity contribution is -0.140. The maximum absolute atomic E-state index is 12.5. The predicted octanol–water partition coefficient (Wildman–Crippen LogP) is 4.22. The van der Waals surface area contributed by atoms with E-state index in [0.717, 1.165) is 11.6 Å². The van der Waals surface area contributed by atoms with E-state index < -0.39 is 11.9 Å². The molecule has 0 atom stereocenters. The van der Waals surface area contributed by atoms with Crippen molar-refractivity contribution in [1.82, 2.24) is 4.98 Å². The van der Waals surface area contributed by atoms with Crippen molar-refractivity contribution in [2.75, 3.05) is 0 Å². The van der Waals surface area contributed by atoms with Crippen molar-refractivity contribution in [3.8, 4) is 0 Å². The number of hydrogen-bond donors (Lipinski definition) is 0. The highest BCUT2D eigenvalue weighted by Gasteiger charge is 2.33. The highest BCUT2D eigenvalue weighted by molar-refractivity contribution is 6.35. The van der Waals surface area contributed by atoms with E-state index in [-0.39, 0.29) is 10.5 Å². The number of benzene rings is 1. The summed E-state index contributed by atoms with van der Waals surface area (Å²) in [6.45, 7) is 1.79. The Morgan fingerprint density at radius 3 is 2.50 bits per heavy atom. The zero-order chi connectivity index (χ0) is 11.9. The summed E-state index contributed by atoms with van der Waals surface area (Å²) in [5, 5.41) is 0.595. The fourth-order valence-electron chi connectivity index (χ4n) is 1.44. The summed E-state index contributed by atoms with van der Waals surface area (Å²) in [5.74, 6) is 0. The van der Waals surface area contributed by atoms with Gasteiger partial charge in [0.05, 0.1) is 10.5 Å². The zero-order valence-electron chi connectivity index (χ0n) is 8.27. The highest BCUT2D eigenvalue weighted by atomic mass is 35.5. The number of halogens is 4. The molecule has 0 saturated carbocycles. The number of rotatable bonds is 0. The minimum Gasteiger partial charge on any atom is -0.243 e. The molecule has 0 amide bonds. The Labute approximate surface area is 94.9 Å². The van der Waals surface area contributed by atoms with Gasteiger partial charge in [-0.15, -0.1) is 0 Å². The van der Waals surface area contributed by atoms with Crippen molar-refractivity contribution in [2.45, 2.75) is 13.1 Å². The number of aromatic nitrogens is 1. The third-order valence-corrected chi connectivity index (χ3v) is 2.52. The lowest BCUT2D eigenvalue weighted by Crippen LogP contribution is -2.07. The molecule has 0 radical (unpaired) electrons. The maximum Gasteiger partial charge on any atom is 0.433 e. The normalized spacial score (nSPS) is 12.1. The second-order valence-electron chi connectivity index (χ2n) is 3.51. The number of alkyl halides is 3. The van der Waals surface area contributed by atoms with Crippen molar-refractivity contribution < 1.29 is 13.2 Å². The standard InChI is InChI=1S/C11H7ClF3N/c1-6-2-3-7-8(12)5-10(11(13,14)15)16-9(7)4-6/h2-5H,1H3. The first-order valence-corrected chi connectivity index (χ1v) is 4.90. The molecule has 84 valence electrons. The second kappa shape index (κ2) is 3.63. The van der Waals surface area contributed by atoms with Gasteiger partial charge in [0.15, 0.2) is 0 Å². The van der Waals surface area contributed by atoms with E-state index >= 15 is 0 Å². The molecule has 0 spiro atoms. The van der Waals surface area contributed by atoms with Gasteiger partial charge in [0, 0.05) is 5.39 Å². The van der Waals surface area contributed by atoms with Gasteiger partial charge in [-0.1, -0.05) is 23.7 Å². The zero-order valence-corrected chi connectivity index (χ0v) is 9.02. The summed E-state index contributed by atoms with van der Waals surface area (Å²) in [6, 6.07) is 5.87. The van der Waals surface area contributed by atoms with Gasteiger partial charge in [0.1, 0.15) is 5.69 Å². The fraction of sp³-hybridized carbons (Fsp3) is 0.182. The van der Waals surface area contributed by atoms with Crippen LogP contribution in [0.1, 0.15) is 11.3 Å². The Morgan fingerprint density at radius 1 is 1.19 bits per heavy atom. The molecule has 5 heteroatoms. The van der Waals surface area contributed by atoms with Crippen LogP contribution in [0.2, 0.25) is 5.02 Å². The largest absolute Gasteiger partial charge is 0.433 e. The van der Waals surface area contributed by atoms with Gasteiger partial charge in [0.25, 0.3) is 0 Å². The van der Waals surface area contributed by atoms with Gasteiger partial charge in [-0.3, -0.25) is 0 Å². The molecule has 0 fully saturated rings. The molecule has 2 aromatic rings. The molecule has 1 heterocycles. The molecular formula is C11H7ClF3N. The fourth-order valence-corrected chi connectivity index (χ4v) is 1.70. The molecule has 16 heavy (non-hydrogen) atoms. The number of aryl methyl sites for hydroxylation is 1. The molecule has 2 rings (SSSR count). The van der Waals surface area contributed by atoms with E-state index in [9.17, 15) is 13.2 Å². The maximum atomic E-state index is 12.5. The molecule has 1 aromatic carbocycles. The molecule has 0 aliphatic heterocycles. The van der Waals surface area contributed by atoms with Crippen molar-refractivity contribution in [3.05, 3.63) is 40.5 Å². The lowest BCUT2D eigenvalue weighted by Gasteiger charge is -2.08. The molecule has 0 aliphatic carbocycles. The first-order chi connectivity index (χ1) is 7.38. The van der Waals surface area contributed by atoms with Crippen LogP contribution >= 0.6 is 11.6 Å². The Bertz CT molecular complexity index is 549. The van der Waals surface area contributed by atoms with Crippen LogP contribution in [0.4, 0.5) is 13.2 Å². The topological polar surface area (TPSA) is 12.9 Å². The summed E-state index contributed by atoms with van der Waals surface area (Å²) in [5.41, 5.74) is 0.144. The second-order valence-corrected chi connectivity index (χ2v) is 3.91. The minimum atomic E-state index is -4.47. The van der Waals surface area contributed by atoms with E-state index in [1.165, 1.54) is 0 Å². The smallest absolute Gasteiger partial charge is 0.243 e. The Kier molecular flexibility index (Phi) is 2.54. The van der Waals surface area contributed by atoms with Gasteiger partial charge in [-0.2, -0.15) is 13.2 Å². The summed E-state index contributed by atoms with van der Waals surface area (Å²) < 4.78 is 37.4.